The lowest BCUT2D eigenvalue weighted by atomic mass is 10.0. The molecule has 0 aliphatic carbocycles. The molecule has 0 bridgehead atoms. The van der Waals surface area contributed by atoms with Gasteiger partial charge in [-0.2, -0.15) is 0 Å². The Morgan fingerprint density at radius 3 is 2.60 bits per heavy atom. The number of carbonyl (C=O) groups excluding carboxylic acids is 1. The minimum absolute atomic E-state index is 0.120. The van der Waals surface area contributed by atoms with Gasteiger partial charge in [-0.1, -0.05) is 13.8 Å². The molecule has 6 nitrogen and oxygen atoms in total. The molecule has 2 fully saturated rings. The van der Waals surface area contributed by atoms with Gasteiger partial charge in [0.2, 0.25) is 0 Å². The Bertz CT molecular complexity index is 671. The molecule has 2 aliphatic heterocycles. The molecule has 0 spiro atoms. The van der Waals surface area contributed by atoms with Gasteiger partial charge in [0.15, 0.2) is 0 Å². The summed E-state index contributed by atoms with van der Waals surface area (Å²) in [7, 11) is 0. The molecule has 25 heavy (non-hydrogen) atoms. The van der Waals surface area contributed by atoms with Crippen LogP contribution < -0.4 is 5.56 Å². The first-order chi connectivity index (χ1) is 12.0. The number of pyridine rings is 1. The zero-order valence-corrected chi connectivity index (χ0v) is 15.5. The van der Waals surface area contributed by atoms with Crippen LogP contribution in [-0.4, -0.2) is 65.7 Å². The molecule has 1 amide bonds. The highest BCUT2D eigenvalue weighted by atomic mass is 16.5. The first-order valence-corrected chi connectivity index (χ1v) is 9.28. The Hall–Kier alpha value is -1.66. The van der Waals surface area contributed by atoms with Crippen LogP contribution in [0.5, 0.6) is 0 Å². The Morgan fingerprint density at radius 1 is 1.28 bits per heavy atom. The lowest BCUT2D eigenvalue weighted by molar-refractivity contribution is -0.0257. The van der Waals surface area contributed by atoms with Gasteiger partial charge in [0, 0.05) is 45.0 Å². The third kappa shape index (κ3) is 3.96. The molecular formula is C19H29N3O3. The standard InChI is InChI=1S/C19H29N3O3/c1-14(2)4-6-21-7-5-15(3)17(18(21)23)19(24)22-12-16(13-22)20-8-10-25-11-9-20/h5,7,14,16H,4,6,8-13H2,1-3H3. The number of hydrogen-bond acceptors (Lipinski definition) is 4. The van der Waals surface area contributed by atoms with E-state index in [2.05, 4.69) is 18.7 Å². The topological polar surface area (TPSA) is 54.8 Å². The lowest BCUT2D eigenvalue weighted by Gasteiger charge is -2.46. The second kappa shape index (κ2) is 7.70. The molecule has 0 saturated carbocycles. The monoisotopic (exact) mass is 347 g/mol. The molecule has 0 atom stereocenters. The normalized spacial score (nSPS) is 19.3. The summed E-state index contributed by atoms with van der Waals surface area (Å²) in [6.45, 7) is 11.6. The fraction of sp³-hybridized carbons (Fsp3) is 0.684. The summed E-state index contributed by atoms with van der Waals surface area (Å²) in [6.07, 6.45) is 2.74. The van der Waals surface area contributed by atoms with E-state index >= 15 is 0 Å². The second-order valence-electron chi connectivity index (χ2n) is 7.57. The number of rotatable bonds is 5. The maximum absolute atomic E-state index is 12.9. The van der Waals surface area contributed by atoms with Gasteiger partial charge in [0.25, 0.3) is 11.5 Å². The van der Waals surface area contributed by atoms with Crippen LogP contribution in [0.4, 0.5) is 0 Å². The van der Waals surface area contributed by atoms with Crippen LogP contribution in [0.1, 0.15) is 36.2 Å². The molecule has 3 rings (SSSR count). The smallest absolute Gasteiger partial charge is 0.263 e. The van der Waals surface area contributed by atoms with E-state index in [1.165, 1.54) is 0 Å². The number of aromatic nitrogens is 1. The summed E-state index contributed by atoms with van der Waals surface area (Å²) in [6, 6.07) is 2.29. The molecule has 0 N–H and O–H groups in total. The van der Waals surface area contributed by atoms with Gasteiger partial charge in [0.05, 0.1) is 13.2 Å². The van der Waals surface area contributed by atoms with E-state index in [0.717, 1.165) is 38.3 Å². The number of ether oxygens (including phenoxy) is 1. The van der Waals surface area contributed by atoms with Gasteiger partial charge in [-0.15, -0.1) is 0 Å². The zero-order chi connectivity index (χ0) is 18.0. The highest BCUT2D eigenvalue weighted by Gasteiger charge is 2.37. The molecule has 1 aromatic heterocycles. The van der Waals surface area contributed by atoms with Crippen LogP contribution >= 0.6 is 0 Å². The maximum Gasteiger partial charge on any atom is 0.263 e. The summed E-state index contributed by atoms with van der Waals surface area (Å²) in [5.74, 6) is 0.405. The number of aryl methyl sites for hydroxylation is 2. The van der Waals surface area contributed by atoms with E-state index in [9.17, 15) is 9.59 Å². The van der Waals surface area contributed by atoms with E-state index < -0.39 is 0 Å². The van der Waals surface area contributed by atoms with Gasteiger partial charge in [-0.3, -0.25) is 14.5 Å². The molecule has 6 heteroatoms. The van der Waals surface area contributed by atoms with E-state index in [4.69, 9.17) is 4.74 Å². The van der Waals surface area contributed by atoms with Gasteiger partial charge < -0.3 is 14.2 Å². The van der Waals surface area contributed by atoms with E-state index in [1.54, 1.807) is 9.47 Å². The van der Waals surface area contributed by atoms with Gasteiger partial charge in [-0.25, -0.2) is 0 Å². The molecule has 138 valence electrons. The highest BCUT2D eigenvalue weighted by Crippen LogP contribution is 2.19. The zero-order valence-electron chi connectivity index (χ0n) is 15.5. The van der Waals surface area contributed by atoms with Crippen LogP contribution in [0.25, 0.3) is 0 Å². The molecule has 0 aromatic carbocycles. The predicted octanol–water partition coefficient (Wildman–Crippen LogP) is 1.36. The summed E-state index contributed by atoms with van der Waals surface area (Å²) in [4.78, 5) is 29.8. The average molecular weight is 347 g/mol. The first-order valence-electron chi connectivity index (χ1n) is 9.28. The Balaban J connectivity index is 1.68. The van der Waals surface area contributed by atoms with Crippen molar-refractivity contribution in [1.29, 1.82) is 0 Å². The van der Waals surface area contributed by atoms with Crippen LogP contribution in [-0.2, 0) is 11.3 Å². The Labute approximate surface area is 149 Å². The number of morpholine rings is 1. The van der Waals surface area contributed by atoms with E-state index in [-0.39, 0.29) is 11.5 Å². The van der Waals surface area contributed by atoms with Crippen LogP contribution in [0.2, 0.25) is 0 Å². The summed E-state index contributed by atoms with van der Waals surface area (Å²) in [5, 5.41) is 0. The molecule has 2 aliphatic rings. The van der Waals surface area contributed by atoms with Crippen molar-refractivity contribution in [3.63, 3.8) is 0 Å². The van der Waals surface area contributed by atoms with E-state index in [0.29, 0.717) is 37.2 Å². The Kier molecular flexibility index (Phi) is 5.59. The SMILES string of the molecule is Cc1ccn(CCC(C)C)c(=O)c1C(=O)N1CC(N2CCOCC2)C1. The molecule has 1 aromatic rings. The van der Waals surface area contributed by atoms with Crippen molar-refractivity contribution < 1.29 is 9.53 Å². The maximum atomic E-state index is 12.9. The number of amides is 1. The number of likely N-dealkylation sites (tertiary alicyclic amines) is 1. The highest BCUT2D eigenvalue weighted by molar-refractivity contribution is 5.95. The lowest BCUT2D eigenvalue weighted by Crippen LogP contribution is -2.63. The van der Waals surface area contributed by atoms with Crippen molar-refractivity contribution in [2.45, 2.75) is 39.8 Å². The van der Waals surface area contributed by atoms with Crippen molar-refractivity contribution in [1.82, 2.24) is 14.4 Å². The third-order valence-corrected chi connectivity index (χ3v) is 5.25. The summed E-state index contributed by atoms with van der Waals surface area (Å²) >= 11 is 0. The molecule has 0 radical (unpaired) electrons. The minimum Gasteiger partial charge on any atom is -0.379 e. The van der Waals surface area contributed by atoms with Crippen molar-refractivity contribution in [2.24, 2.45) is 5.92 Å². The predicted molar refractivity (Wildman–Crippen MR) is 97.0 cm³/mol. The van der Waals surface area contributed by atoms with Crippen LogP contribution in [0, 0.1) is 12.8 Å². The van der Waals surface area contributed by atoms with Crippen molar-refractivity contribution in [2.75, 3.05) is 39.4 Å². The fourth-order valence-corrected chi connectivity index (χ4v) is 3.45. The van der Waals surface area contributed by atoms with Crippen LogP contribution in [0.15, 0.2) is 17.1 Å². The van der Waals surface area contributed by atoms with Crippen molar-refractivity contribution in [3.8, 4) is 0 Å². The largest absolute Gasteiger partial charge is 0.379 e. The number of carbonyl (C=O) groups is 1. The molecule has 2 saturated heterocycles. The van der Waals surface area contributed by atoms with Crippen molar-refractivity contribution in [3.05, 3.63) is 33.7 Å². The average Bonchev–Trinajstić information content (AvgIpc) is 2.53. The van der Waals surface area contributed by atoms with Gasteiger partial charge >= 0.3 is 0 Å². The minimum atomic E-state index is -0.152. The van der Waals surface area contributed by atoms with Crippen molar-refractivity contribution >= 4 is 5.91 Å². The van der Waals surface area contributed by atoms with Gasteiger partial charge in [-0.05, 0) is 30.9 Å². The quantitative estimate of drug-likeness (QED) is 0.807. The third-order valence-electron chi connectivity index (χ3n) is 5.25. The summed E-state index contributed by atoms with van der Waals surface area (Å²) in [5.41, 5.74) is 0.956. The number of nitrogens with zero attached hydrogens (tertiary/aromatic N) is 3. The fourth-order valence-electron chi connectivity index (χ4n) is 3.45. The van der Waals surface area contributed by atoms with Gasteiger partial charge in [0.1, 0.15) is 5.56 Å². The second-order valence-corrected chi connectivity index (χ2v) is 7.57. The Morgan fingerprint density at radius 2 is 1.96 bits per heavy atom. The molecule has 0 unspecified atom stereocenters. The van der Waals surface area contributed by atoms with Crippen LogP contribution in [0.3, 0.4) is 0 Å². The van der Waals surface area contributed by atoms with E-state index in [1.807, 2.05) is 19.2 Å². The number of hydrogen-bond donors (Lipinski definition) is 0. The molecular weight excluding hydrogens is 318 g/mol. The first kappa shape index (κ1) is 18.1. The molecule has 3 heterocycles. The summed E-state index contributed by atoms with van der Waals surface area (Å²) < 4.78 is 7.06.